The third kappa shape index (κ3) is 5.81. The second-order valence-electron chi connectivity index (χ2n) is 9.72. The van der Waals surface area contributed by atoms with Crippen molar-refractivity contribution in [3.8, 4) is 16.9 Å². The van der Waals surface area contributed by atoms with Gasteiger partial charge >= 0.3 is 6.09 Å². The quantitative estimate of drug-likeness (QED) is 0.358. The zero-order valence-corrected chi connectivity index (χ0v) is 21.9. The molecule has 3 aromatic carbocycles. The number of ether oxygens (including phenoxy) is 1. The molecule has 2 amide bonds. The predicted molar refractivity (Wildman–Crippen MR) is 145 cm³/mol. The van der Waals surface area contributed by atoms with Crippen LogP contribution in [0.15, 0.2) is 83.3 Å². The van der Waals surface area contributed by atoms with Gasteiger partial charge in [0.25, 0.3) is 5.91 Å². The van der Waals surface area contributed by atoms with Crippen molar-refractivity contribution >= 4 is 27.9 Å². The molecule has 0 aromatic heterocycles. The monoisotopic (exact) mass is 546 g/mol. The van der Waals surface area contributed by atoms with Crippen molar-refractivity contribution in [2.75, 3.05) is 26.2 Å². The van der Waals surface area contributed by atoms with Crippen LogP contribution in [-0.4, -0.2) is 48.0 Å². The van der Waals surface area contributed by atoms with Gasteiger partial charge in [-0.3, -0.25) is 4.79 Å². The average molecular weight is 547 g/mol. The Morgan fingerprint density at radius 3 is 1.78 bits per heavy atom. The van der Waals surface area contributed by atoms with Crippen molar-refractivity contribution in [2.24, 2.45) is 11.8 Å². The molecule has 0 saturated carbocycles. The highest BCUT2D eigenvalue weighted by molar-refractivity contribution is 9.10. The molecule has 0 unspecified atom stereocenters. The molecule has 36 heavy (non-hydrogen) atoms. The number of carbonyl (C=O) groups excluding carboxylic acids is 2. The fourth-order valence-electron chi connectivity index (χ4n) is 5.41. The van der Waals surface area contributed by atoms with Crippen LogP contribution in [0.4, 0.5) is 4.79 Å². The van der Waals surface area contributed by atoms with Gasteiger partial charge in [0.05, 0.1) is 0 Å². The van der Waals surface area contributed by atoms with Crippen LogP contribution in [-0.2, 0) is 0 Å². The molecule has 2 aliphatic heterocycles. The SMILES string of the molecule is O=C(Oc1ccc(Br)cc1)N1CCC(C2CCN(C(=O)c3ccc(-c4ccccc4)cc3)CC2)CC1. The molecule has 0 radical (unpaired) electrons. The molecular formula is C30H31BrN2O3. The van der Waals surface area contributed by atoms with Gasteiger partial charge < -0.3 is 14.5 Å². The highest BCUT2D eigenvalue weighted by Crippen LogP contribution is 2.33. The number of rotatable bonds is 4. The van der Waals surface area contributed by atoms with E-state index in [1.807, 2.05) is 64.4 Å². The van der Waals surface area contributed by atoms with Crippen molar-refractivity contribution in [1.82, 2.24) is 9.80 Å². The molecule has 0 aliphatic carbocycles. The van der Waals surface area contributed by atoms with Gasteiger partial charge in [0.1, 0.15) is 5.75 Å². The van der Waals surface area contributed by atoms with E-state index >= 15 is 0 Å². The number of halogens is 1. The number of carbonyl (C=O) groups is 2. The minimum absolute atomic E-state index is 0.124. The van der Waals surface area contributed by atoms with Gasteiger partial charge in [0, 0.05) is 36.2 Å². The lowest BCUT2D eigenvalue weighted by Gasteiger charge is -2.40. The van der Waals surface area contributed by atoms with Crippen molar-refractivity contribution in [3.05, 3.63) is 88.9 Å². The molecule has 3 aromatic rings. The fourth-order valence-corrected chi connectivity index (χ4v) is 5.68. The predicted octanol–water partition coefficient (Wildman–Crippen LogP) is 6.88. The first-order chi connectivity index (χ1) is 17.6. The maximum absolute atomic E-state index is 13.1. The molecule has 2 heterocycles. The van der Waals surface area contributed by atoms with Crippen LogP contribution < -0.4 is 4.74 Å². The van der Waals surface area contributed by atoms with E-state index in [0.29, 0.717) is 17.6 Å². The smallest absolute Gasteiger partial charge is 0.410 e. The topological polar surface area (TPSA) is 49.9 Å². The summed E-state index contributed by atoms with van der Waals surface area (Å²) in [6.07, 6.45) is 3.78. The molecular weight excluding hydrogens is 516 g/mol. The van der Waals surface area contributed by atoms with E-state index < -0.39 is 0 Å². The summed E-state index contributed by atoms with van der Waals surface area (Å²) >= 11 is 3.39. The average Bonchev–Trinajstić information content (AvgIpc) is 2.94. The highest BCUT2D eigenvalue weighted by Gasteiger charge is 2.32. The van der Waals surface area contributed by atoms with Crippen molar-refractivity contribution in [1.29, 1.82) is 0 Å². The summed E-state index contributed by atoms with van der Waals surface area (Å²) in [5.41, 5.74) is 3.04. The molecule has 5 rings (SSSR count). The second kappa shape index (κ2) is 11.3. The maximum Gasteiger partial charge on any atom is 0.415 e. The van der Waals surface area contributed by atoms with Crippen LogP contribution in [0, 0.1) is 11.8 Å². The first-order valence-electron chi connectivity index (χ1n) is 12.7. The lowest BCUT2D eigenvalue weighted by atomic mass is 9.79. The lowest BCUT2D eigenvalue weighted by Crippen LogP contribution is -2.44. The van der Waals surface area contributed by atoms with Crippen LogP contribution in [0.2, 0.25) is 0 Å². The van der Waals surface area contributed by atoms with Gasteiger partial charge in [-0.1, -0.05) is 58.4 Å². The third-order valence-electron chi connectivity index (χ3n) is 7.55. The molecule has 2 aliphatic rings. The highest BCUT2D eigenvalue weighted by atomic mass is 79.9. The van der Waals surface area contributed by atoms with Gasteiger partial charge in [-0.15, -0.1) is 0 Å². The molecule has 0 N–H and O–H groups in total. The Kier molecular flexibility index (Phi) is 7.71. The number of hydrogen-bond acceptors (Lipinski definition) is 3. The van der Waals surface area contributed by atoms with Crippen LogP contribution >= 0.6 is 15.9 Å². The zero-order valence-electron chi connectivity index (χ0n) is 20.3. The number of hydrogen-bond donors (Lipinski definition) is 0. The Hall–Kier alpha value is -3.12. The standard InChI is InChI=1S/C30H31BrN2O3/c31-27-10-12-28(13-11-27)36-30(35)33-20-16-25(17-21-33)24-14-18-32(19-15-24)29(34)26-8-6-23(7-9-26)22-4-2-1-3-5-22/h1-13,24-25H,14-21H2. The minimum atomic E-state index is -0.269. The molecule has 0 bridgehead atoms. The molecule has 0 atom stereocenters. The van der Waals surface area contributed by atoms with Gasteiger partial charge in [-0.25, -0.2) is 4.79 Å². The lowest BCUT2D eigenvalue weighted by molar-refractivity contribution is 0.0601. The third-order valence-corrected chi connectivity index (χ3v) is 8.08. The Balaban J connectivity index is 1.08. The molecule has 5 nitrogen and oxygen atoms in total. The number of piperidine rings is 2. The van der Waals surface area contributed by atoms with Crippen LogP contribution in [0.5, 0.6) is 5.75 Å². The normalized spacial score (nSPS) is 17.1. The molecule has 2 fully saturated rings. The number of nitrogens with zero attached hydrogens (tertiary/aromatic N) is 2. The Morgan fingerprint density at radius 2 is 1.19 bits per heavy atom. The van der Waals surface area contributed by atoms with Crippen molar-refractivity contribution in [2.45, 2.75) is 25.7 Å². The molecule has 6 heteroatoms. The first kappa shape index (κ1) is 24.6. The Labute approximate surface area is 221 Å². The number of amides is 2. The zero-order chi connectivity index (χ0) is 24.9. The summed E-state index contributed by atoms with van der Waals surface area (Å²) in [7, 11) is 0. The Bertz CT molecular complexity index is 1170. The first-order valence-corrected chi connectivity index (χ1v) is 13.5. The van der Waals surface area contributed by atoms with E-state index in [0.717, 1.165) is 73.0 Å². The minimum Gasteiger partial charge on any atom is -0.410 e. The maximum atomic E-state index is 13.1. The molecule has 0 spiro atoms. The van der Waals surface area contributed by atoms with E-state index in [-0.39, 0.29) is 12.0 Å². The van der Waals surface area contributed by atoms with E-state index in [9.17, 15) is 9.59 Å². The van der Waals surface area contributed by atoms with Crippen molar-refractivity contribution in [3.63, 3.8) is 0 Å². The van der Waals surface area contributed by atoms with E-state index in [2.05, 4.69) is 28.1 Å². The second-order valence-corrected chi connectivity index (χ2v) is 10.6. The summed E-state index contributed by atoms with van der Waals surface area (Å²) in [5, 5.41) is 0. The number of benzene rings is 3. The van der Waals surface area contributed by atoms with Crippen molar-refractivity contribution < 1.29 is 14.3 Å². The summed E-state index contributed by atoms with van der Waals surface area (Å²) in [6.45, 7) is 3.06. The van der Waals surface area contributed by atoms with E-state index in [1.54, 1.807) is 12.1 Å². The van der Waals surface area contributed by atoms with E-state index in [4.69, 9.17) is 4.74 Å². The van der Waals surface area contributed by atoms with Crippen LogP contribution in [0.25, 0.3) is 11.1 Å². The van der Waals surface area contributed by atoms with Gasteiger partial charge in [-0.05, 0) is 85.0 Å². The number of likely N-dealkylation sites (tertiary alicyclic amines) is 2. The summed E-state index contributed by atoms with van der Waals surface area (Å²) in [4.78, 5) is 29.4. The molecule has 2 saturated heterocycles. The van der Waals surface area contributed by atoms with Gasteiger partial charge in [-0.2, -0.15) is 0 Å². The van der Waals surface area contributed by atoms with Gasteiger partial charge in [0.15, 0.2) is 0 Å². The fraction of sp³-hybridized carbons (Fsp3) is 0.333. The summed E-state index contributed by atoms with van der Waals surface area (Å²) < 4.78 is 6.48. The van der Waals surface area contributed by atoms with Gasteiger partial charge in [0.2, 0.25) is 0 Å². The van der Waals surface area contributed by atoms with E-state index in [1.165, 1.54) is 0 Å². The molecule has 186 valence electrons. The van der Waals surface area contributed by atoms with Crippen LogP contribution in [0.3, 0.4) is 0 Å². The largest absolute Gasteiger partial charge is 0.415 e. The summed E-state index contributed by atoms with van der Waals surface area (Å²) in [5.74, 6) is 1.90. The summed E-state index contributed by atoms with van der Waals surface area (Å²) in [6, 6.07) is 25.5. The van der Waals surface area contributed by atoms with Crippen LogP contribution in [0.1, 0.15) is 36.0 Å². The Morgan fingerprint density at radius 1 is 0.667 bits per heavy atom.